The Bertz CT molecular complexity index is 1280. The molecular weight excluding hydrogens is 445 g/mol. The van der Waals surface area contributed by atoms with Crippen molar-refractivity contribution in [2.75, 3.05) is 5.32 Å². The van der Waals surface area contributed by atoms with E-state index in [1.807, 2.05) is 55.5 Å². The number of nitrogens with one attached hydrogen (secondary N) is 1. The molecule has 0 spiro atoms. The van der Waals surface area contributed by atoms with Gasteiger partial charge >= 0.3 is 6.36 Å². The highest BCUT2D eigenvalue weighted by molar-refractivity contribution is 5.92. The fraction of sp³-hybridized carbons (Fsp3) is 0.125. The van der Waals surface area contributed by atoms with Crippen LogP contribution < -0.4 is 15.8 Å². The van der Waals surface area contributed by atoms with Gasteiger partial charge in [0, 0.05) is 11.3 Å². The van der Waals surface area contributed by atoms with Gasteiger partial charge in [0.05, 0.1) is 12.2 Å². The van der Waals surface area contributed by atoms with Gasteiger partial charge in [0.25, 0.3) is 0 Å². The number of anilines is 1. The van der Waals surface area contributed by atoms with Crippen LogP contribution in [0.5, 0.6) is 5.75 Å². The summed E-state index contributed by atoms with van der Waals surface area (Å²) in [6.45, 7) is 2.39. The van der Waals surface area contributed by atoms with Crippen LogP contribution in [-0.4, -0.2) is 27.1 Å². The summed E-state index contributed by atoms with van der Waals surface area (Å²) in [6.07, 6.45) is -3.24. The number of aliphatic imine (C=N–C) groups is 1. The van der Waals surface area contributed by atoms with E-state index in [0.29, 0.717) is 24.0 Å². The molecule has 0 aliphatic carbocycles. The molecule has 1 heterocycles. The topological polar surface area (TPSA) is 90.3 Å². The van der Waals surface area contributed by atoms with Gasteiger partial charge in [-0.3, -0.25) is 0 Å². The average Bonchev–Trinajstić information content (AvgIpc) is 3.29. The zero-order valence-corrected chi connectivity index (χ0v) is 18.1. The van der Waals surface area contributed by atoms with Crippen molar-refractivity contribution in [3.63, 3.8) is 0 Å². The first-order valence-corrected chi connectivity index (χ1v) is 10.3. The van der Waals surface area contributed by atoms with Crippen LogP contribution in [0.2, 0.25) is 0 Å². The third-order valence-corrected chi connectivity index (χ3v) is 4.88. The Morgan fingerprint density at radius 2 is 1.74 bits per heavy atom. The third kappa shape index (κ3) is 5.91. The van der Waals surface area contributed by atoms with E-state index in [0.717, 1.165) is 22.4 Å². The fourth-order valence-electron chi connectivity index (χ4n) is 3.15. The summed E-state index contributed by atoms with van der Waals surface area (Å²) in [4.78, 5) is 8.66. The van der Waals surface area contributed by atoms with E-state index < -0.39 is 6.36 Å². The van der Waals surface area contributed by atoms with Gasteiger partial charge in [0.2, 0.25) is 0 Å². The molecule has 0 amide bonds. The summed E-state index contributed by atoms with van der Waals surface area (Å²) in [6, 6.07) is 20.7. The Hall–Kier alpha value is -4.34. The van der Waals surface area contributed by atoms with Crippen LogP contribution in [-0.2, 0) is 6.54 Å². The van der Waals surface area contributed by atoms with E-state index in [-0.39, 0.29) is 5.75 Å². The van der Waals surface area contributed by atoms with Crippen LogP contribution in [0.3, 0.4) is 0 Å². The number of benzene rings is 3. The van der Waals surface area contributed by atoms with E-state index in [2.05, 4.69) is 25.1 Å². The van der Waals surface area contributed by atoms with Crippen molar-refractivity contribution in [2.45, 2.75) is 19.8 Å². The van der Waals surface area contributed by atoms with Crippen molar-refractivity contribution in [3.8, 4) is 22.8 Å². The first kappa shape index (κ1) is 22.8. The lowest BCUT2D eigenvalue weighted by atomic mass is 10.1. The average molecular weight is 466 g/mol. The van der Waals surface area contributed by atoms with Gasteiger partial charge in [-0.1, -0.05) is 42.5 Å². The zero-order valence-electron chi connectivity index (χ0n) is 18.1. The Morgan fingerprint density at radius 3 is 2.41 bits per heavy atom. The molecule has 0 fully saturated rings. The molecule has 34 heavy (non-hydrogen) atoms. The van der Waals surface area contributed by atoms with E-state index in [4.69, 9.17) is 5.73 Å². The van der Waals surface area contributed by atoms with E-state index in [1.165, 1.54) is 35.3 Å². The SMILES string of the molecule is Cc1ccccc1NC(N)=NCc1ccc(-c2ncn(-c3ccc(OC(F)(F)F)cc3)n2)cc1. The Morgan fingerprint density at radius 1 is 1.03 bits per heavy atom. The molecule has 0 saturated carbocycles. The molecule has 7 nitrogen and oxygen atoms in total. The Labute approximate surface area is 193 Å². The van der Waals surface area contributed by atoms with Crippen molar-refractivity contribution in [1.29, 1.82) is 0 Å². The predicted molar refractivity (Wildman–Crippen MR) is 124 cm³/mol. The summed E-state index contributed by atoms with van der Waals surface area (Å²) >= 11 is 0. The van der Waals surface area contributed by atoms with Crippen molar-refractivity contribution in [3.05, 3.63) is 90.3 Å². The maximum Gasteiger partial charge on any atom is 0.573 e. The van der Waals surface area contributed by atoms with Crippen LogP contribution in [0.1, 0.15) is 11.1 Å². The highest BCUT2D eigenvalue weighted by Gasteiger charge is 2.31. The summed E-state index contributed by atoms with van der Waals surface area (Å²) in [5.41, 5.74) is 10.3. The molecule has 0 aliphatic rings. The van der Waals surface area contributed by atoms with Crippen molar-refractivity contribution < 1.29 is 17.9 Å². The Balaban J connectivity index is 1.39. The van der Waals surface area contributed by atoms with Crippen molar-refractivity contribution in [2.24, 2.45) is 10.7 Å². The molecule has 3 N–H and O–H groups in total. The number of nitrogens with two attached hydrogens (primary N) is 1. The van der Waals surface area contributed by atoms with Gasteiger partial charge < -0.3 is 15.8 Å². The van der Waals surface area contributed by atoms with Crippen LogP contribution in [0.4, 0.5) is 18.9 Å². The maximum atomic E-state index is 12.3. The minimum Gasteiger partial charge on any atom is -0.406 e. The number of hydrogen-bond donors (Lipinski definition) is 2. The standard InChI is InChI=1S/C24H21F3N6O/c1-16-4-2-3-5-21(16)31-23(28)29-14-17-6-8-18(9-7-17)22-30-15-33(32-22)19-10-12-20(13-11-19)34-24(25,26)27/h2-13,15H,14H2,1H3,(H3,28,29,31). The minimum absolute atomic E-state index is 0.301. The quantitative estimate of drug-likeness (QED) is 0.306. The number of alkyl halides is 3. The molecular formula is C24H21F3N6O. The molecule has 0 bridgehead atoms. The van der Waals surface area contributed by atoms with Gasteiger partial charge in [-0.2, -0.15) is 0 Å². The molecule has 10 heteroatoms. The van der Waals surface area contributed by atoms with E-state index in [1.54, 1.807) is 0 Å². The molecule has 4 rings (SSSR count). The largest absolute Gasteiger partial charge is 0.573 e. The molecule has 3 aromatic carbocycles. The number of guanidine groups is 1. The maximum absolute atomic E-state index is 12.3. The summed E-state index contributed by atoms with van der Waals surface area (Å²) in [5, 5.41) is 7.49. The van der Waals surface area contributed by atoms with Crippen LogP contribution in [0.15, 0.2) is 84.1 Å². The second kappa shape index (κ2) is 9.65. The lowest BCUT2D eigenvalue weighted by molar-refractivity contribution is -0.274. The highest BCUT2D eigenvalue weighted by atomic mass is 19.4. The number of para-hydroxylation sites is 1. The number of hydrogen-bond acceptors (Lipinski definition) is 4. The first-order chi connectivity index (χ1) is 16.3. The lowest BCUT2D eigenvalue weighted by Crippen LogP contribution is -2.23. The Kier molecular flexibility index (Phi) is 6.48. The summed E-state index contributed by atoms with van der Waals surface area (Å²) < 4.78 is 42.3. The smallest absolute Gasteiger partial charge is 0.406 e. The fourth-order valence-corrected chi connectivity index (χ4v) is 3.15. The summed E-state index contributed by atoms with van der Waals surface area (Å²) in [7, 11) is 0. The van der Waals surface area contributed by atoms with Crippen LogP contribution >= 0.6 is 0 Å². The molecule has 1 aromatic heterocycles. The van der Waals surface area contributed by atoms with E-state index in [9.17, 15) is 13.2 Å². The monoisotopic (exact) mass is 466 g/mol. The van der Waals surface area contributed by atoms with Crippen LogP contribution in [0.25, 0.3) is 17.1 Å². The second-order valence-electron chi connectivity index (χ2n) is 7.39. The van der Waals surface area contributed by atoms with Crippen molar-refractivity contribution in [1.82, 2.24) is 14.8 Å². The van der Waals surface area contributed by atoms with Crippen LogP contribution in [0, 0.1) is 6.92 Å². The number of ether oxygens (including phenoxy) is 1. The number of rotatable bonds is 6. The van der Waals surface area contributed by atoms with Gasteiger partial charge in [-0.05, 0) is 48.4 Å². The molecule has 4 aromatic rings. The third-order valence-electron chi connectivity index (χ3n) is 4.88. The lowest BCUT2D eigenvalue weighted by Gasteiger charge is -2.09. The number of aromatic nitrogens is 3. The number of halogens is 3. The molecule has 0 atom stereocenters. The molecule has 0 aliphatic heterocycles. The predicted octanol–water partition coefficient (Wildman–Crippen LogP) is 5.07. The highest BCUT2D eigenvalue weighted by Crippen LogP contribution is 2.24. The zero-order chi connectivity index (χ0) is 24.1. The van der Waals surface area contributed by atoms with Crippen molar-refractivity contribution >= 4 is 11.6 Å². The number of aryl methyl sites for hydroxylation is 1. The normalized spacial score (nSPS) is 11.9. The minimum atomic E-state index is -4.73. The molecule has 174 valence electrons. The first-order valence-electron chi connectivity index (χ1n) is 10.3. The van der Waals surface area contributed by atoms with Gasteiger partial charge in [-0.15, -0.1) is 18.3 Å². The van der Waals surface area contributed by atoms with Gasteiger partial charge in [0.15, 0.2) is 11.8 Å². The summed E-state index contributed by atoms with van der Waals surface area (Å²) in [5.74, 6) is 0.501. The molecule has 0 radical (unpaired) electrons. The van der Waals surface area contributed by atoms with E-state index >= 15 is 0 Å². The van der Waals surface area contributed by atoms with Gasteiger partial charge in [0.1, 0.15) is 12.1 Å². The second-order valence-corrected chi connectivity index (χ2v) is 7.39. The molecule has 0 saturated heterocycles. The van der Waals surface area contributed by atoms with Gasteiger partial charge in [-0.25, -0.2) is 14.7 Å². The number of nitrogens with zero attached hydrogens (tertiary/aromatic N) is 4. The molecule has 0 unspecified atom stereocenters.